The molecule has 1 saturated heterocycles. The van der Waals surface area contributed by atoms with Crippen LogP contribution < -0.4 is 0 Å². The van der Waals surface area contributed by atoms with Crippen LogP contribution in [0.3, 0.4) is 0 Å². The minimum atomic E-state index is -0.722. The highest BCUT2D eigenvalue weighted by Crippen LogP contribution is 2.33. The summed E-state index contributed by atoms with van der Waals surface area (Å²) in [6, 6.07) is 0. The molecule has 1 heterocycles. The third kappa shape index (κ3) is 5.54. The first-order valence-electron chi connectivity index (χ1n) is 8.02. The number of rotatable bonds is 9. The molecule has 5 nitrogen and oxygen atoms in total. The number of hydrogen-bond acceptors (Lipinski definition) is 5. The zero-order valence-electron chi connectivity index (χ0n) is 14.1. The lowest BCUT2D eigenvalue weighted by atomic mass is 10.0. The molecule has 0 amide bonds. The molecular weight excluding hydrogens is 284 g/mol. The van der Waals surface area contributed by atoms with Gasteiger partial charge in [-0.1, -0.05) is 26.3 Å². The first kappa shape index (κ1) is 18.8. The van der Waals surface area contributed by atoms with Gasteiger partial charge in [0, 0.05) is 12.8 Å². The van der Waals surface area contributed by atoms with E-state index < -0.39 is 5.79 Å². The van der Waals surface area contributed by atoms with Crippen molar-refractivity contribution in [2.45, 2.75) is 83.9 Å². The van der Waals surface area contributed by atoms with E-state index in [1.165, 1.54) is 0 Å². The molecule has 1 rings (SSSR count). The van der Waals surface area contributed by atoms with Gasteiger partial charge >= 0.3 is 5.97 Å². The van der Waals surface area contributed by atoms with Crippen LogP contribution in [0.1, 0.15) is 59.8 Å². The van der Waals surface area contributed by atoms with E-state index in [4.69, 9.17) is 14.2 Å². The van der Waals surface area contributed by atoms with Crippen LogP contribution in [0, 0.1) is 0 Å². The minimum absolute atomic E-state index is 0.0644. The Labute approximate surface area is 133 Å². The number of carbonyl (C=O) groups is 2. The molecule has 3 atom stereocenters. The van der Waals surface area contributed by atoms with Gasteiger partial charge in [-0.3, -0.25) is 9.59 Å². The van der Waals surface area contributed by atoms with Crippen molar-refractivity contribution in [2.75, 3.05) is 0 Å². The van der Waals surface area contributed by atoms with Crippen LogP contribution in [0.4, 0.5) is 0 Å². The molecule has 0 bridgehead atoms. The van der Waals surface area contributed by atoms with E-state index in [2.05, 4.69) is 6.58 Å². The number of carbonyl (C=O) groups excluding carboxylic acids is 2. The second kappa shape index (κ2) is 8.44. The molecule has 0 unspecified atom stereocenters. The van der Waals surface area contributed by atoms with Crippen LogP contribution in [0.2, 0.25) is 0 Å². The summed E-state index contributed by atoms with van der Waals surface area (Å²) in [6.07, 6.45) is 2.94. The highest BCUT2D eigenvalue weighted by Gasteiger charge is 2.44. The first-order valence-corrected chi connectivity index (χ1v) is 8.02. The Hall–Kier alpha value is -1.20. The molecule has 126 valence electrons. The Morgan fingerprint density at radius 3 is 2.50 bits per heavy atom. The molecule has 22 heavy (non-hydrogen) atoms. The third-order valence-electron chi connectivity index (χ3n) is 3.62. The average molecular weight is 312 g/mol. The Morgan fingerprint density at radius 1 is 1.27 bits per heavy atom. The van der Waals surface area contributed by atoms with Crippen LogP contribution in [0.5, 0.6) is 0 Å². The van der Waals surface area contributed by atoms with E-state index >= 15 is 0 Å². The first-order chi connectivity index (χ1) is 10.3. The van der Waals surface area contributed by atoms with Gasteiger partial charge in [0.05, 0.1) is 6.42 Å². The van der Waals surface area contributed by atoms with Gasteiger partial charge in [-0.2, -0.15) is 0 Å². The monoisotopic (exact) mass is 312 g/mol. The lowest BCUT2D eigenvalue weighted by Gasteiger charge is -2.25. The maximum absolute atomic E-state index is 12.0. The van der Waals surface area contributed by atoms with Crippen molar-refractivity contribution in [3.8, 4) is 0 Å². The fourth-order valence-electron chi connectivity index (χ4n) is 2.51. The van der Waals surface area contributed by atoms with E-state index in [0.29, 0.717) is 12.8 Å². The van der Waals surface area contributed by atoms with Gasteiger partial charge in [0.15, 0.2) is 5.79 Å². The topological polar surface area (TPSA) is 61.8 Å². The van der Waals surface area contributed by atoms with E-state index in [1.807, 2.05) is 20.8 Å². The van der Waals surface area contributed by atoms with Crippen molar-refractivity contribution in [1.82, 2.24) is 0 Å². The quantitative estimate of drug-likeness (QED) is 0.483. The molecular formula is C17H28O5. The van der Waals surface area contributed by atoms with Crippen molar-refractivity contribution in [3.05, 3.63) is 12.7 Å². The molecule has 5 heteroatoms. The molecule has 0 spiro atoms. The summed E-state index contributed by atoms with van der Waals surface area (Å²) in [7, 11) is 0. The largest absolute Gasteiger partial charge is 0.459 e. The number of ether oxygens (including phenoxy) is 3. The van der Waals surface area contributed by atoms with Crippen LogP contribution in [0.25, 0.3) is 0 Å². The standard InChI is InChI=1S/C17H28O5/c1-6-9-14(20-15(19)11-10-12(18)7-2)16-13(8-3)21-17(4,5)22-16/h8,13-14,16H,3,6-7,9-11H2,1-2,4-5H3/t13-,14+,16-/m0/s1. The average Bonchev–Trinajstić information content (AvgIpc) is 2.79. The Kier molecular flexibility index (Phi) is 7.23. The summed E-state index contributed by atoms with van der Waals surface area (Å²) in [4.78, 5) is 23.3. The molecule has 0 N–H and O–H groups in total. The summed E-state index contributed by atoms with van der Waals surface area (Å²) in [5, 5.41) is 0. The highest BCUT2D eigenvalue weighted by molar-refractivity contribution is 5.82. The van der Waals surface area contributed by atoms with Gasteiger partial charge in [0.1, 0.15) is 24.1 Å². The summed E-state index contributed by atoms with van der Waals surface area (Å²) in [5.41, 5.74) is 0. The molecule has 1 aliphatic heterocycles. The van der Waals surface area contributed by atoms with Crippen molar-refractivity contribution < 1.29 is 23.8 Å². The predicted molar refractivity (Wildman–Crippen MR) is 83.3 cm³/mol. The highest BCUT2D eigenvalue weighted by atomic mass is 16.8. The van der Waals surface area contributed by atoms with Crippen LogP contribution in [-0.4, -0.2) is 35.9 Å². The number of hydrogen-bond donors (Lipinski definition) is 0. The molecule has 1 fully saturated rings. The maximum Gasteiger partial charge on any atom is 0.306 e. The second-order valence-electron chi connectivity index (χ2n) is 6.01. The summed E-state index contributed by atoms with van der Waals surface area (Å²) in [5.74, 6) is -1.02. The van der Waals surface area contributed by atoms with Crippen molar-refractivity contribution in [1.29, 1.82) is 0 Å². The zero-order chi connectivity index (χ0) is 16.8. The van der Waals surface area contributed by atoms with E-state index in [-0.39, 0.29) is 42.9 Å². The van der Waals surface area contributed by atoms with Crippen LogP contribution in [0.15, 0.2) is 12.7 Å². The molecule has 1 aliphatic rings. The van der Waals surface area contributed by atoms with E-state index in [9.17, 15) is 9.59 Å². The fraction of sp³-hybridized carbons (Fsp3) is 0.765. The Bertz CT molecular complexity index is 402. The van der Waals surface area contributed by atoms with Crippen molar-refractivity contribution in [2.24, 2.45) is 0 Å². The third-order valence-corrected chi connectivity index (χ3v) is 3.62. The lowest BCUT2D eigenvalue weighted by molar-refractivity contribution is -0.171. The fourth-order valence-corrected chi connectivity index (χ4v) is 2.51. The van der Waals surface area contributed by atoms with Crippen molar-refractivity contribution >= 4 is 11.8 Å². The number of ketones is 1. The molecule has 0 aromatic rings. The number of esters is 1. The van der Waals surface area contributed by atoms with Gasteiger partial charge in [-0.25, -0.2) is 0 Å². The minimum Gasteiger partial charge on any atom is -0.459 e. The zero-order valence-corrected chi connectivity index (χ0v) is 14.1. The van der Waals surface area contributed by atoms with Gasteiger partial charge < -0.3 is 14.2 Å². The van der Waals surface area contributed by atoms with Crippen molar-refractivity contribution in [3.63, 3.8) is 0 Å². The van der Waals surface area contributed by atoms with Crippen LogP contribution in [-0.2, 0) is 23.8 Å². The Morgan fingerprint density at radius 2 is 1.95 bits per heavy atom. The Balaban J connectivity index is 2.66. The normalized spacial score (nSPS) is 24.7. The van der Waals surface area contributed by atoms with Gasteiger partial charge in [-0.05, 0) is 20.3 Å². The molecule has 0 saturated carbocycles. The van der Waals surface area contributed by atoms with E-state index in [1.54, 1.807) is 13.0 Å². The molecule has 0 aromatic heterocycles. The molecule has 0 aromatic carbocycles. The lowest BCUT2D eigenvalue weighted by Crippen LogP contribution is -2.38. The maximum atomic E-state index is 12.0. The molecule has 0 radical (unpaired) electrons. The van der Waals surface area contributed by atoms with Crippen LogP contribution >= 0.6 is 0 Å². The summed E-state index contributed by atoms with van der Waals surface area (Å²) >= 11 is 0. The SMILES string of the molecule is C=C[C@@H]1OC(C)(C)O[C@@H]1[C@@H](CCC)OC(=O)CCC(=O)CC. The van der Waals surface area contributed by atoms with Gasteiger partial charge in [0.25, 0.3) is 0 Å². The van der Waals surface area contributed by atoms with Gasteiger partial charge in [-0.15, -0.1) is 6.58 Å². The van der Waals surface area contributed by atoms with Gasteiger partial charge in [0.2, 0.25) is 0 Å². The summed E-state index contributed by atoms with van der Waals surface area (Å²) < 4.78 is 17.2. The second-order valence-corrected chi connectivity index (χ2v) is 6.01. The van der Waals surface area contributed by atoms with E-state index in [0.717, 1.165) is 6.42 Å². The predicted octanol–water partition coefficient (Wildman–Crippen LogP) is 3.16. The molecule has 0 aliphatic carbocycles. The smallest absolute Gasteiger partial charge is 0.306 e. The summed E-state index contributed by atoms with van der Waals surface area (Å²) in [6.45, 7) is 11.2. The number of Topliss-reactive ketones (excluding diaryl/α,β-unsaturated/α-hetero) is 1.